The van der Waals surface area contributed by atoms with Gasteiger partial charge in [0.25, 0.3) is 0 Å². The summed E-state index contributed by atoms with van der Waals surface area (Å²) < 4.78 is 2.50. The summed E-state index contributed by atoms with van der Waals surface area (Å²) in [5, 5.41) is 5.04. The second kappa shape index (κ2) is 5.82. The summed E-state index contributed by atoms with van der Waals surface area (Å²) in [4.78, 5) is 4.42. The average molecular weight is 305 g/mol. The number of rotatable bonds is 3. The van der Waals surface area contributed by atoms with Gasteiger partial charge in [-0.05, 0) is 49.9 Å². The van der Waals surface area contributed by atoms with E-state index >= 15 is 0 Å². The Bertz CT molecular complexity index is 830. The molecule has 2 aromatic heterocycles. The first kappa shape index (κ1) is 14.5. The summed E-state index contributed by atoms with van der Waals surface area (Å²) in [6.45, 7) is 6.29. The van der Waals surface area contributed by atoms with E-state index in [0.717, 1.165) is 31.6 Å². The van der Waals surface area contributed by atoms with Crippen LogP contribution in [0.3, 0.4) is 0 Å². The zero-order valence-corrected chi connectivity index (χ0v) is 13.8. The Hall–Kier alpha value is -2.13. The van der Waals surface area contributed by atoms with Crippen LogP contribution in [0.15, 0.2) is 42.6 Å². The fourth-order valence-corrected chi connectivity index (χ4v) is 3.65. The molecule has 0 bridgehead atoms. The molecule has 3 aromatic rings. The van der Waals surface area contributed by atoms with Crippen molar-refractivity contribution in [3.63, 3.8) is 0 Å². The fourth-order valence-electron chi connectivity index (χ4n) is 3.65. The molecule has 1 unspecified atom stereocenters. The van der Waals surface area contributed by atoms with E-state index < -0.39 is 0 Å². The maximum absolute atomic E-state index is 4.42. The third-order valence-electron chi connectivity index (χ3n) is 4.92. The molecule has 0 saturated carbocycles. The van der Waals surface area contributed by atoms with Gasteiger partial charge in [-0.25, -0.2) is 0 Å². The van der Waals surface area contributed by atoms with E-state index in [2.05, 4.69) is 58.2 Å². The smallest absolute Gasteiger partial charge is 0.0485 e. The van der Waals surface area contributed by atoms with Gasteiger partial charge in [0.1, 0.15) is 0 Å². The lowest BCUT2D eigenvalue weighted by Gasteiger charge is -2.22. The monoisotopic (exact) mass is 305 g/mol. The molecule has 1 aliphatic rings. The molecule has 0 saturated heterocycles. The third kappa shape index (κ3) is 2.66. The van der Waals surface area contributed by atoms with Gasteiger partial charge in [0, 0.05) is 47.6 Å². The molecule has 23 heavy (non-hydrogen) atoms. The van der Waals surface area contributed by atoms with Crippen LogP contribution in [0, 0.1) is 6.92 Å². The van der Waals surface area contributed by atoms with Crippen molar-refractivity contribution in [1.29, 1.82) is 0 Å². The van der Waals surface area contributed by atoms with Crippen molar-refractivity contribution in [1.82, 2.24) is 14.9 Å². The molecule has 0 amide bonds. The van der Waals surface area contributed by atoms with E-state index in [9.17, 15) is 0 Å². The lowest BCUT2D eigenvalue weighted by Crippen LogP contribution is -2.33. The maximum atomic E-state index is 4.42. The van der Waals surface area contributed by atoms with Gasteiger partial charge in [0.2, 0.25) is 0 Å². The molecule has 1 N–H and O–H groups in total. The highest BCUT2D eigenvalue weighted by Gasteiger charge is 2.22. The minimum absolute atomic E-state index is 0.558. The molecule has 3 heteroatoms. The first-order valence-corrected chi connectivity index (χ1v) is 8.46. The number of nitrogens with zero attached hydrogens (tertiary/aromatic N) is 2. The Labute approximate surface area is 137 Å². The minimum Gasteiger partial charge on any atom is -0.343 e. The fraction of sp³-hybridized carbons (Fsp3) is 0.350. The Balaban J connectivity index is 1.70. The highest BCUT2D eigenvalue weighted by Crippen LogP contribution is 2.30. The number of aryl methyl sites for hydroxylation is 3. The van der Waals surface area contributed by atoms with Crippen molar-refractivity contribution < 1.29 is 0 Å². The second-order valence-corrected chi connectivity index (χ2v) is 6.64. The SMILES string of the molecule is Cc1ccc(CCn2c3c(c4ccccc42)CC(C)NC3)cn1. The quantitative estimate of drug-likeness (QED) is 0.801. The van der Waals surface area contributed by atoms with E-state index in [1.54, 1.807) is 0 Å². The average Bonchev–Trinajstić information content (AvgIpc) is 2.88. The first-order chi connectivity index (χ1) is 11.2. The Morgan fingerprint density at radius 1 is 1.22 bits per heavy atom. The molecule has 0 radical (unpaired) electrons. The molecule has 4 rings (SSSR count). The molecule has 3 nitrogen and oxygen atoms in total. The van der Waals surface area contributed by atoms with Crippen molar-refractivity contribution in [3.05, 3.63) is 65.1 Å². The summed E-state index contributed by atoms with van der Waals surface area (Å²) in [5.41, 5.74) is 6.75. The lowest BCUT2D eigenvalue weighted by molar-refractivity contribution is 0.492. The van der Waals surface area contributed by atoms with E-state index in [-0.39, 0.29) is 0 Å². The molecule has 118 valence electrons. The summed E-state index contributed by atoms with van der Waals surface area (Å²) in [5.74, 6) is 0. The molecule has 0 fully saturated rings. The Morgan fingerprint density at radius 2 is 2.09 bits per heavy atom. The summed E-state index contributed by atoms with van der Waals surface area (Å²) in [6, 6.07) is 13.7. The highest BCUT2D eigenvalue weighted by atomic mass is 15.0. The van der Waals surface area contributed by atoms with Gasteiger partial charge in [0.05, 0.1) is 0 Å². The van der Waals surface area contributed by atoms with Gasteiger partial charge < -0.3 is 9.88 Å². The molecule has 0 aliphatic carbocycles. The van der Waals surface area contributed by atoms with Gasteiger partial charge in [-0.15, -0.1) is 0 Å². The Morgan fingerprint density at radius 3 is 2.91 bits per heavy atom. The van der Waals surface area contributed by atoms with Crippen LogP contribution >= 0.6 is 0 Å². The van der Waals surface area contributed by atoms with E-state index in [0.29, 0.717) is 6.04 Å². The number of hydrogen-bond donors (Lipinski definition) is 1. The van der Waals surface area contributed by atoms with Crippen LogP contribution in [0.4, 0.5) is 0 Å². The zero-order valence-electron chi connectivity index (χ0n) is 13.8. The van der Waals surface area contributed by atoms with Gasteiger partial charge >= 0.3 is 0 Å². The molecular weight excluding hydrogens is 282 g/mol. The van der Waals surface area contributed by atoms with E-state index in [1.165, 1.54) is 27.7 Å². The third-order valence-corrected chi connectivity index (χ3v) is 4.92. The predicted octanol–water partition coefficient (Wildman–Crippen LogP) is 3.62. The highest BCUT2D eigenvalue weighted by molar-refractivity contribution is 5.86. The molecular formula is C20H23N3. The van der Waals surface area contributed by atoms with Crippen molar-refractivity contribution in [3.8, 4) is 0 Å². The topological polar surface area (TPSA) is 29.9 Å². The van der Waals surface area contributed by atoms with Crippen LogP contribution in [0.1, 0.15) is 29.4 Å². The Kier molecular flexibility index (Phi) is 3.66. The standard InChI is InChI=1S/C20H23N3/c1-14-7-8-16(12-21-14)9-10-23-19-6-4-3-5-17(19)18-11-15(2)22-13-20(18)23/h3-8,12,15,22H,9-11,13H2,1-2H3. The number of hydrogen-bond acceptors (Lipinski definition) is 2. The van der Waals surface area contributed by atoms with Crippen LogP contribution in [-0.2, 0) is 25.9 Å². The van der Waals surface area contributed by atoms with Gasteiger partial charge in [0.15, 0.2) is 0 Å². The maximum Gasteiger partial charge on any atom is 0.0485 e. The number of benzene rings is 1. The zero-order chi connectivity index (χ0) is 15.8. The summed E-state index contributed by atoms with van der Waals surface area (Å²) in [7, 11) is 0. The largest absolute Gasteiger partial charge is 0.343 e. The van der Waals surface area contributed by atoms with Crippen LogP contribution in [0.5, 0.6) is 0 Å². The number of para-hydroxylation sites is 1. The predicted molar refractivity (Wildman–Crippen MR) is 94.6 cm³/mol. The van der Waals surface area contributed by atoms with Crippen molar-refractivity contribution >= 4 is 10.9 Å². The molecule has 1 aromatic carbocycles. The van der Waals surface area contributed by atoms with Gasteiger partial charge in [-0.3, -0.25) is 4.98 Å². The second-order valence-electron chi connectivity index (χ2n) is 6.64. The van der Waals surface area contributed by atoms with Crippen molar-refractivity contribution in [2.75, 3.05) is 0 Å². The molecule has 0 spiro atoms. The van der Waals surface area contributed by atoms with E-state index in [1.807, 2.05) is 13.1 Å². The summed E-state index contributed by atoms with van der Waals surface area (Å²) >= 11 is 0. The molecule has 3 heterocycles. The number of fused-ring (bicyclic) bond motifs is 3. The molecule has 1 aliphatic heterocycles. The van der Waals surface area contributed by atoms with Crippen molar-refractivity contribution in [2.24, 2.45) is 0 Å². The van der Waals surface area contributed by atoms with E-state index in [4.69, 9.17) is 0 Å². The van der Waals surface area contributed by atoms with Crippen molar-refractivity contribution in [2.45, 2.75) is 45.8 Å². The van der Waals surface area contributed by atoms with Gasteiger partial charge in [-0.1, -0.05) is 24.3 Å². The first-order valence-electron chi connectivity index (χ1n) is 8.46. The van der Waals surface area contributed by atoms with Crippen LogP contribution in [-0.4, -0.2) is 15.6 Å². The van der Waals surface area contributed by atoms with Gasteiger partial charge in [-0.2, -0.15) is 0 Å². The summed E-state index contributed by atoms with van der Waals surface area (Å²) in [6.07, 6.45) is 4.15. The number of pyridine rings is 1. The van der Waals surface area contributed by atoms with Crippen LogP contribution in [0.2, 0.25) is 0 Å². The van der Waals surface area contributed by atoms with Crippen LogP contribution in [0.25, 0.3) is 10.9 Å². The number of nitrogens with one attached hydrogen (secondary N) is 1. The number of aromatic nitrogens is 2. The molecule has 1 atom stereocenters. The normalized spacial score (nSPS) is 17.4. The van der Waals surface area contributed by atoms with Crippen LogP contribution < -0.4 is 5.32 Å². The minimum atomic E-state index is 0.558. The lowest BCUT2D eigenvalue weighted by atomic mass is 10.00.